The standard InChI is InChI=1S/C19H26N2O5/c1-19(2,3)26-18(25)21-9-13-7-20(8-14(13)10-21)15-4-5-16(17(23)24)12(6-15)11-22/h4-6,13-14,22H,7-11H2,1-3H3,(H,23,24)/t13-,14+. The molecule has 1 aromatic carbocycles. The van der Waals surface area contributed by atoms with Crippen molar-refractivity contribution >= 4 is 17.7 Å². The van der Waals surface area contributed by atoms with Gasteiger partial charge in [-0.05, 0) is 44.5 Å². The first kappa shape index (κ1) is 18.5. The van der Waals surface area contributed by atoms with Crippen molar-refractivity contribution in [1.82, 2.24) is 4.90 Å². The maximum atomic E-state index is 12.2. The van der Waals surface area contributed by atoms with Crippen LogP contribution in [0.2, 0.25) is 0 Å². The number of rotatable bonds is 3. The second kappa shape index (κ2) is 6.79. The second-order valence-corrected chi connectivity index (χ2v) is 8.12. The molecule has 1 aromatic rings. The fraction of sp³-hybridized carbons (Fsp3) is 0.579. The lowest BCUT2D eigenvalue weighted by molar-refractivity contribution is 0.0282. The lowest BCUT2D eigenvalue weighted by Gasteiger charge is -2.26. The van der Waals surface area contributed by atoms with Gasteiger partial charge in [0, 0.05) is 43.7 Å². The number of aliphatic hydroxyl groups excluding tert-OH is 1. The number of nitrogens with zero attached hydrogens (tertiary/aromatic N) is 2. The van der Waals surface area contributed by atoms with E-state index >= 15 is 0 Å². The Bertz CT molecular complexity index is 698. The largest absolute Gasteiger partial charge is 0.478 e. The van der Waals surface area contributed by atoms with Gasteiger partial charge >= 0.3 is 12.1 Å². The summed E-state index contributed by atoms with van der Waals surface area (Å²) in [6.45, 7) is 8.26. The number of anilines is 1. The van der Waals surface area contributed by atoms with Gasteiger partial charge in [0.15, 0.2) is 0 Å². The van der Waals surface area contributed by atoms with Gasteiger partial charge in [-0.3, -0.25) is 0 Å². The summed E-state index contributed by atoms with van der Waals surface area (Å²) < 4.78 is 5.45. The molecule has 2 saturated heterocycles. The topological polar surface area (TPSA) is 90.3 Å². The zero-order valence-electron chi connectivity index (χ0n) is 15.4. The van der Waals surface area contributed by atoms with Crippen molar-refractivity contribution in [2.75, 3.05) is 31.1 Å². The zero-order chi connectivity index (χ0) is 19.1. The molecule has 2 atom stereocenters. The summed E-state index contributed by atoms with van der Waals surface area (Å²) >= 11 is 0. The van der Waals surface area contributed by atoms with Crippen LogP contribution in [0.5, 0.6) is 0 Å². The van der Waals surface area contributed by atoms with Crippen LogP contribution in [-0.2, 0) is 11.3 Å². The van der Waals surface area contributed by atoms with Crippen molar-refractivity contribution in [3.8, 4) is 0 Å². The van der Waals surface area contributed by atoms with Gasteiger partial charge in [0.05, 0.1) is 12.2 Å². The third kappa shape index (κ3) is 3.77. The number of aliphatic hydroxyl groups is 1. The van der Waals surface area contributed by atoms with E-state index in [4.69, 9.17) is 4.74 Å². The average molecular weight is 362 g/mol. The summed E-state index contributed by atoms with van der Waals surface area (Å²) in [5.41, 5.74) is 0.972. The smallest absolute Gasteiger partial charge is 0.410 e. The van der Waals surface area contributed by atoms with E-state index in [1.807, 2.05) is 20.8 Å². The Morgan fingerprint density at radius 3 is 2.27 bits per heavy atom. The maximum absolute atomic E-state index is 12.2. The predicted octanol–water partition coefficient (Wildman–Crippen LogP) is 2.18. The molecule has 3 rings (SSSR count). The molecule has 26 heavy (non-hydrogen) atoms. The number of carboxylic acids is 1. The highest BCUT2D eigenvalue weighted by Gasteiger charge is 2.42. The lowest BCUT2D eigenvalue weighted by atomic mass is 10.0. The van der Waals surface area contributed by atoms with E-state index in [9.17, 15) is 19.8 Å². The number of hydrogen-bond donors (Lipinski definition) is 2. The van der Waals surface area contributed by atoms with Gasteiger partial charge in [-0.15, -0.1) is 0 Å². The van der Waals surface area contributed by atoms with Gasteiger partial charge < -0.3 is 24.7 Å². The van der Waals surface area contributed by atoms with E-state index in [2.05, 4.69) is 4.90 Å². The fourth-order valence-electron chi connectivity index (χ4n) is 3.80. The molecular formula is C19H26N2O5. The fourth-order valence-corrected chi connectivity index (χ4v) is 3.80. The highest BCUT2D eigenvalue weighted by Crippen LogP contribution is 2.35. The van der Waals surface area contributed by atoms with E-state index < -0.39 is 11.6 Å². The summed E-state index contributed by atoms with van der Waals surface area (Å²) in [7, 11) is 0. The SMILES string of the molecule is CC(C)(C)OC(=O)N1C[C@@H]2CN(c3ccc(C(=O)O)c(CO)c3)C[C@@H]2C1. The third-order valence-electron chi connectivity index (χ3n) is 4.99. The molecular weight excluding hydrogens is 336 g/mol. The van der Waals surface area contributed by atoms with Crippen LogP contribution in [-0.4, -0.2) is 59.0 Å². The van der Waals surface area contributed by atoms with E-state index in [0.717, 1.165) is 18.8 Å². The lowest BCUT2D eigenvalue weighted by Crippen LogP contribution is -2.37. The minimum atomic E-state index is -1.04. The third-order valence-corrected chi connectivity index (χ3v) is 4.99. The first-order chi connectivity index (χ1) is 12.2. The van der Waals surface area contributed by atoms with Gasteiger partial charge in [0.1, 0.15) is 5.60 Å². The second-order valence-electron chi connectivity index (χ2n) is 8.12. The van der Waals surface area contributed by atoms with Gasteiger partial charge in [0.2, 0.25) is 0 Å². The van der Waals surface area contributed by atoms with Crippen LogP contribution in [0.15, 0.2) is 18.2 Å². The number of carbonyl (C=O) groups is 2. The Hall–Kier alpha value is -2.28. The molecule has 0 bridgehead atoms. The summed E-state index contributed by atoms with van der Waals surface area (Å²) in [6, 6.07) is 5.08. The molecule has 0 unspecified atom stereocenters. The predicted molar refractivity (Wildman–Crippen MR) is 96.3 cm³/mol. The quantitative estimate of drug-likeness (QED) is 0.857. The van der Waals surface area contributed by atoms with Crippen LogP contribution < -0.4 is 4.90 Å². The number of fused-ring (bicyclic) bond motifs is 1. The molecule has 2 aliphatic rings. The molecule has 1 amide bonds. The Labute approximate surface area is 153 Å². The van der Waals surface area contributed by atoms with Crippen LogP contribution >= 0.6 is 0 Å². The number of likely N-dealkylation sites (tertiary alicyclic amines) is 1. The van der Waals surface area contributed by atoms with Gasteiger partial charge in [-0.1, -0.05) is 0 Å². The van der Waals surface area contributed by atoms with Crippen LogP contribution in [0.1, 0.15) is 36.7 Å². The number of aromatic carboxylic acids is 1. The molecule has 0 aliphatic carbocycles. The Balaban J connectivity index is 1.65. The van der Waals surface area contributed by atoms with Crippen molar-refractivity contribution in [3.05, 3.63) is 29.3 Å². The van der Waals surface area contributed by atoms with Crippen molar-refractivity contribution in [1.29, 1.82) is 0 Å². The first-order valence-corrected chi connectivity index (χ1v) is 8.88. The first-order valence-electron chi connectivity index (χ1n) is 8.88. The molecule has 0 saturated carbocycles. The Kier molecular flexibility index (Phi) is 4.84. The minimum Gasteiger partial charge on any atom is -0.478 e. The number of amides is 1. The zero-order valence-corrected chi connectivity index (χ0v) is 15.4. The summed E-state index contributed by atoms with van der Waals surface area (Å²) in [5, 5.41) is 18.6. The van der Waals surface area contributed by atoms with E-state index in [1.54, 1.807) is 23.1 Å². The van der Waals surface area contributed by atoms with Crippen molar-refractivity contribution in [2.24, 2.45) is 11.8 Å². The average Bonchev–Trinajstić information content (AvgIpc) is 3.11. The summed E-state index contributed by atoms with van der Waals surface area (Å²) in [6.07, 6.45) is -0.258. The monoisotopic (exact) mass is 362 g/mol. The Morgan fingerprint density at radius 1 is 1.15 bits per heavy atom. The van der Waals surface area contributed by atoms with E-state index in [0.29, 0.717) is 30.5 Å². The van der Waals surface area contributed by atoms with E-state index in [-0.39, 0.29) is 18.3 Å². The van der Waals surface area contributed by atoms with Gasteiger partial charge in [-0.25, -0.2) is 9.59 Å². The molecule has 2 N–H and O–H groups in total. The molecule has 7 nitrogen and oxygen atoms in total. The highest BCUT2D eigenvalue weighted by atomic mass is 16.6. The van der Waals surface area contributed by atoms with E-state index in [1.165, 1.54) is 0 Å². The van der Waals surface area contributed by atoms with Crippen molar-refractivity contribution < 1.29 is 24.5 Å². The van der Waals surface area contributed by atoms with Gasteiger partial charge in [0.25, 0.3) is 0 Å². The molecule has 2 fully saturated rings. The number of carbonyl (C=O) groups excluding carboxylic acids is 1. The number of hydrogen-bond acceptors (Lipinski definition) is 5. The van der Waals surface area contributed by atoms with Crippen LogP contribution in [0, 0.1) is 11.8 Å². The van der Waals surface area contributed by atoms with Crippen molar-refractivity contribution in [2.45, 2.75) is 33.0 Å². The molecule has 7 heteroatoms. The number of ether oxygens (including phenoxy) is 1. The van der Waals surface area contributed by atoms with Crippen molar-refractivity contribution in [3.63, 3.8) is 0 Å². The molecule has 142 valence electrons. The highest BCUT2D eigenvalue weighted by molar-refractivity contribution is 5.90. The summed E-state index contributed by atoms with van der Waals surface area (Å²) in [4.78, 5) is 27.4. The molecule has 0 radical (unpaired) electrons. The molecule has 2 heterocycles. The number of carboxylic acid groups (broad SMARTS) is 1. The number of benzene rings is 1. The maximum Gasteiger partial charge on any atom is 0.410 e. The molecule has 0 spiro atoms. The van der Waals surface area contributed by atoms with Crippen LogP contribution in [0.4, 0.5) is 10.5 Å². The van der Waals surface area contributed by atoms with Crippen LogP contribution in [0.25, 0.3) is 0 Å². The Morgan fingerprint density at radius 2 is 1.77 bits per heavy atom. The summed E-state index contributed by atoms with van der Waals surface area (Å²) in [5.74, 6) is -0.287. The normalized spacial score (nSPS) is 22.5. The molecule has 0 aromatic heterocycles. The molecule has 2 aliphatic heterocycles. The minimum absolute atomic E-state index is 0.131. The van der Waals surface area contributed by atoms with Crippen LogP contribution in [0.3, 0.4) is 0 Å². The van der Waals surface area contributed by atoms with Gasteiger partial charge in [-0.2, -0.15) is 0 Å².